The minimum absolute atomic E-state index is 0. The van der Waals surface area contributed by atoms with Crippen LogP contribution in [0.2, 0.25) is 0 Å². The molecule has 0 aromatic rings. The fourth-order valence-electron chi connectivity index (χ4n) is 0.398. The molecule has 0 aliphatic carbocycles. The zero-order chi connectivity index (χ0) is 6.85. The molecule has 10 heavy (non-hydrogen) atoms. The van der Waals surface area contributed by atoms with Crippen molar-refractivity contribution in [2.24, 2.45) is 0 Å². The van der Waals surface area contributed by atoms with Crippen molar-refractivity contribution in [2.45, 2.75) is 0 Å². The van der Waals surface area contributed by atoms with E-state index in [0.717, 1.165) is 4.64 Å². The molecule has 1 aliphatic heterocycles. The maximum Gasteiger partial charge on any atom is 0.263 e. The Morgan fingerprint density at radius 3 is 2.50 bits per heavy atom. The van der Waals surface area contributed by atoms with Crippen LogP contribution in [0.3, 0.4) is 0 Å². The fraction of sp³-hybridized carbons (Fsp3) is 0. The van der Waals surface area contributed by atoms with Crippen molar-refractivity contribution in [1.82, 2.24) is 15.5 Å². The quantitative estimate of drug-likeness (QED) is 0.325. The molecule has 0 saturated carbocycles. The van der Waals surface area contributed by atoms with Gasteiger partial charge in [-0.3, -0.25) is 15.6 Å². The van der Waals surface area contributed by atoms with Crippen molar-refractivity contribution in [2.75, 3.05) is 0 Å². The first kappa shape index (κ1) is 11.2. The molecule has 7 heteroatoms. The van der Waals surface area contributed by atoms with Gasteiger partial charge in [-0.2, -0.15) is 0 Å². The van der Waals surface area contributed by atoms with Gasteiger partial charge in [0.1, 0.15) is 5.16 Å². The summed E-state index contributed by atoms with van der Waals surface area (Å²) in [6, 6.07) is 0. The van der Waals surface area contributed by atoms with E-state index in [1.165, 1.54) is 6.08 Å². The molecule has 0 fully saturated rings. The predicted molar refractivity (Wildman–Crippen MR) is 38.7 cm³/mol. The van der Waals surface area contributed by atoms with Gasteiger partial charge in [-0.1, -0.05) is 11.6 Å². The molecule has 0 unspecified atom stereocenters. The number of amides is 1. The van der Waals surface area contributed by atoms with Gasteiger partial charge in [0, 0.05) is 69.2 Å². The van der Waals surface area contributed by atoms with Gasteiger partial charge in [0.05, 0.1) is 0 Å². The Bertz CT molecular complexity index is 173. The van der Waals surface area contributed by atoms with Gasteiger partial charge in [-0.05, 0) is 4.64 Å². The van der Waals surface area contributed by atoms with E-state index in [0.29, 0.717) is 0 Å². The smallest absolute Gasteiger partial charge is 0.263 e. The molecule has 0 bridgehead atoms. The van der Waals surface area contributed by atoms with Gasteiger partial charge in [-0.15, -0.1) is 0 Å². The van der Waals surface area contributed by atoms with E-state index in [1.54, 1.807) is 0 Å². The monoisotopic (exact) mass is 206 g/mol. The van der Waals surface area contributed by atoms with Crippen LogP contribution in [0.15, 0.2) is 11.2 Å². The van der Waals surface area contributed by atoms with Crippen LogP contribution >= 0.6 is 23.4 Å². The van der Waals surface area contributed by atoms with Gasteiger partial charge in [0.2, 0.25) is 0 Å². The van der Waals surface area contributed by atoms with E-state index in [-0.39, 0.29) is 62.4 Å². The number of hydrogen-bond acceptors (Lipinski definition) is 3. The maximum absolute atomic E-state index is 10.4. The second kappa shape index (κ2) is 4.94. The summed E-state index contributed by atoms with van der Waals surface area (Å²) in [4.78, 5) is 10.4. The Morgan fingerprint density at radius 1 is 1.50 bits per heavy atom. The summed E-state index contributed by atoms with van der Waals surface area (Å²) in [5, 5.41) is 0.189. The Labute approximate surface area is 110 Å². The van der Waals surface area contributed by atoms with E-state index in [2.05, 4.69) is 10.9 Å². The molecule has 2 N–H and O–H groups in total. The Hall–Kier alpha value is 1.19. The molecule has 0 atom stereocenters. The predicted octanol–water partition coefficient (Wildman–Crippen LogP) is -0.309. The molecular weight excluding hydrogens is 204 g/mol. The SMILES string of the molecule is O=C1C=C(Cl)NN(Cl)N1.[K]. The Kier molecular flexibility index (Phi) is 5.53. The summed E-state index contributed by atoms with van der Waals surface area (Å²) in [7, 11) is 0. The van der Waals surface area contributed by atoms with Crippen LogP contribution in [0.5, 0.6) is 0 Å². The van der Waals surface area contributed by atoms with Gasteiger partial charge >= 0.3 is 0 Å². The van der Waals surface area contributed by atoms with Crippen LogP contribution in [0.1, 0.15) is 0 Å². The maximum atomic E-state index is 10.4. The van der Waals surface area contributed by atoms with Crippen LogP contribution in [0, 0.1) is 0 Å². The molecule has 1 heterocycles. The molecule has 1 radical (unpaired) electrons. The van der Waals surface area contributed by atoms with Gasteiger partial charge in [0.15, 0.2) is 0 Å². The van der Waals surface area contributed by atoms with Gasteiger partial charge < -0.3 is 0 Å². The topological polar surface area (TPSA) is 44.4 Å². The van der Waals surface area contributed by atoms with E-state index in [1.807, 2.05) is 0 Å². The van der Waals surface area contributed by atoms with E-state index in [4.69, 9.17) is 23.4 Å². The second-order valence-corrected chi connectivity index (χ2v) is 2.11. The zero-order valence-corrected chi connectivity index (χ0v) is 9.82. The second-order valence-electron chi connectivity index (χ2n) is 1.36. The molecule has 0 aromatic heterocycles. The molecule has 1 rings (SSSR count). The molecule has 1 aliphatic rings. The number of nitrogens with zero attached hydrogens (tertiary/aromatic N) is 1. The first-order valence-electron chi connectivity index (χ1n) is 2.09. The number of nitrogens with one attached hydrogen (secondary N) is 2. The number of carbonyl (C=O) groups excluding carboxylic acids is 1. The largest absolute Gasteiger partial charge is 0.276 e. The van der Waals surface area contributed by atoms with Crippen LogP contribution in [-0.4, -0.2) is 61.9 Å². The van der Waals surface area contributed by atoms with Crippen molar-refractivity contribution in [3.05, 3.63) is 11.2 Å². The third-order valence-corrected chi connectivity index (χ3v) is 1.03. The summed E-state index contributed by atoms with van der Waals surface area (Å²) in [5.41, 5.74) is 4.60. The molecule has 0 saturated heterocycles. The number of carbonyl (C=O) groups is 1. The zero-order valence-electron chi connectivity index (χ0n) is 5.19. The molecule has 1 amide bonds. The Balaban J connectivity index is 0.000000810. The fourth-order valence-corrected chi connectivity index (χ4v) is 0.799. The number of hydrazine groups is 2. The summed E-state index contributed by atoms with van der Waals surface area (Å²) >= 11 is 10.6. The van der Waals surface area contributed by atoms with Gasteiger partial charge in [-0.25, -0.2) is 0 Å². The molecule has 4 nitrogen and oxygen atoms in total. The van der Waals surface area contributed by atoms with Crippen LogP contribution in [0.4, 0.5) is 0 Å². The third kappa shape index (κ3) is 3.54. The van der Waals surface area contributed by atoms with E-state index in [9.17, 15) is 4.79 Å². The number of hydrogen-bond donors (Lipinski definition) is 2. The minimum atomic E-state index is -0.353. The summed E-state index contributed by atoms with van der Waals surface area (Å²) < 4.78 is 0.852. The van der Waals surface area contributed by atoms with Crippen LogP contribution in [0.25, 0.3) is 0 Å². The number of halogens is 2. The van der Waals surface area contributed by atoms with Gasteiger partial charge in [0.25, 0.3) is 5.91 Å². The first-order chi connectivity index (χ1) is 4.18. The van der Waals surface area contributed by atoms with Crippen molar-refractivity contribution in [1.29, 1.82) is 0 Å². The molecule has 51 valence electrons. The average Bonchev–Trinajstić information content (AvgIpc) is 1.59. The van der Waals surface area contributed by atoms with Crippen molar-refractivity contribution < 1.29 is 4.79 Å². The molecule has 0 aromatic carbocycles. The average molecular weight is 207 g/mol. The summed E-state index contributed by atoms with van der Waals surface area (Å²) in [6.45, 7) is 0. The van der Waals surface area contributed by atoms with Crippen LogP contribution in [-0.2, 0) is 4.79 Å². The van der Waals surface area contributed by atoms with E-state index >= 15 is 0 Å². The summed E-state index contributed by atoms with van der Waals surface area (Å²) in [6.07, 6.45) is 1.18. The van der Waals surface area contributed by atoms with Crippen molar-refractivity contribution >= 4 is 80.7 Å². The van der Waals surface area contributed by atoms with E-state index < -0.39 is 0 Å². The summed E-state index contributed by atoms with van der Waals surface area (Å²) in [5.74, 6) is -0.353. The third-order valence-electron chi connectivity index (χ3n) is 0.671. The Morgan fingerprint density at radius 2 is 2.10 bits per heavy atom. The minimum Gasteiger partial charge on any atom is -0.276 e. The first-order valence-corrected chi connectivity index (χ1v) is 2.80. The molecule has 0 spiro atoms. The van der Waals surface area contributed by atoms with Crippen molar-refractivity contribution in [3.8, 4) is 0 Å². The molecular formula is C3H3Cl2KN3O. The standard InChI is InChI=1S/C3H3Cl2N3O.K/c4-2-1-3(9)7-8(5)6-2;/h1,6H,(H,7,9);. The van der Waals surface area contributed by atoms with Crippen molar-refractivity contribution in [3.63, 3.8) is 0 Å². The van der Waals surface area contributed by atoms with Crippen LogP contribution < -0.4 is 10.9 Å². The number of rotatable bonds is 0. The normalized spacial score (nSPS) is 18.2.